The van der Waals surface area contributed by atoms with Gasteiger partial charge in [0, 0.05) is 23.7 Å². The van der Waals surface area contributed by atoms with Gasteiger partial charge in [-0.2, -0.15) is 13.2 Å². The van der Waals surface area contributed by atoms with Crippen molar-refractivity contribution in [1.29, 1.82) is 0 Å². The summed E-state index contributed by atoms with van der Waals surface area (Å²) >= 11 is 1.64. The van der Waals surface area contributed by atoms with Crippen molar-refractivity contribution in [2.24, 2.45) is 0 Å². The summed E-state index contributed by atoms with van der Waals surface area (Å²) in [6.45, 7) is 4.92. The highest BCUT2D eigenvalue weighted by Gasteiger charge is 2.39. The maximum Gasteiger partial charge on any atom is 0.490 e. The van der Waals surface area contributed by atoms with E-state index in [0.717, 1.165) is 56.0 Å². The van der Waals surface area contributed by atoms with Crippen LogP contribution >= 0.6 is 11.3 Å². The average molecular weight is 460 g/mol. The average Bonchev–Trinajstić information content (AvgIpc) is 3.47. The molecule has 2 saturated heterocycles. The van der Waals surface area contributed by atoms with E-state index in [0.29, 0.717) is 6.04 Å². The van der Waals surface area contributed by atoms with E-state index in [1.807, 2.05) is 17.3 Å². The summed E-state index contributed by atoms with van der Waals surface area (Å²) < 4.78 is 33.5. The highest BCUT2D eigenvalue weighted by atomic mass is 32.1. The van der Waals surface area contributed by atoms with Crippen LogP contribution in [0.3, 0.4) is 0 Å². The standard InChI is InChI=1S/C16H22N6OS.C2HF3O2/c1-2-12-9-18-15(24-12)13-10-22(20-19-13)14-5-8-21(16(14)23)11-3-6-17-7-4-11;3-2(4,5)1(6)7/h9-11,14,17H,2-8H2,1H3;(H,6,7). The fourth-order valence-electron chi connectivity index (χ4n) is 3.53. The van der Waals surface area contributed by atoms with E-state index >= 15 is 0 Å². The molecule has 4 rings (SSSR count). The van der Waals surface area contributed by atoms with E-state index in [9.17, 15) is 18.0 Å². The van der Waals surface area contributed by atoms with Crippen LogP contribution in [0.2, 0.25) is 0 Å². The molecule has 2 fully saturated rings. The van der Waals surface area contributed by atoms with Gasteiger partial charge in [-0.15, -0.1) is 16.4 Å². The SMILES string of the molecule is CCc1cnc(-c2cn(C3CCN(C4CCNCC4)C3=O)nn2)s1.O=C(O)C(F)(F)F. The minimum Gasteiger partial charge on any atom is -0.475 e. The van der Waals surface area contributed by atoms with Crippen LogP contribution in [0.15, 0.2) is 12.4 Å². The van der Waals surface area contributed by atoms with E-state index in [2.05, 4.69) is 27.5 Å². The van der Waals surface area contributed by atoms with Gasteiger partial charge in [0.1, 0.15) is 16.7 Å². The maximum absolute atomic E-state index is 12.8. The third kappa shape index (κ3) is 5.58. The van der Waals surface area contributed by atoms with Gasteiger partial charge in [-0.25, -0.2) is 14.5 Å². The first-order valence-corrected chi connectivity index (χ1v) is 10.7. The third-order valence-electron chi connectivity index (χ3n) is 5.15. The monoisotopic (exact) mass is 460 g/mol. The topological polar surface area (TPSA) is 113 Å². The Bertz CT molecular complexity index is 909. The number of carboxylic acids is 1. The van der Waals surface area contributed by atoms with Crippen molar-refractivity contribution in [3.63, 3.8) is 0 Å². The number of aryl methyl sites for hydroxylation is 1. The number of halogens is 3. The molecule has 0 aromatic carbocycles. The van der Waals surface area contributed by atoms with Gasteiger partial charge in [-0.1, -0.05) is 12.1 Å². The number of thiazole rings is 1. The Morgan fingerprint density at radius 1 is 1.32 bits per heavy atom. The summed E-state index contributed by atoms with van der Waals surface area (Å²) in [7, 11) is 0. The second-order valence-corrected chi connectivity index (χ2v) is 8.30. The van der Waals surface area contributed by atoms with E-state index in [1.54, 1.807) is 16.0 Å². The minimum absolute atomic E-state index is 0.187. The van der Waals surface area contributed by atoms with Crippen LogP contribution in [0.4, 0.5) is 13.2 Å². The zero-order valence-corrected chi connectivity index (χ0v) is 17.6. The lowest BCUT2D eigenvalue weighted by Crippen LogP contribution is -2.44. The molecule has 1 unspecified atom stereocenters. The largest absolute Gasteiger partial charge is 0.490 e. The number of nitrogens with zero attached hydrogens (tertiary/aromatic N) is 5. The number of carboxylic acid groups (broad SMARTS) is 1. The molecule has 0 radical (unpaired) electrons. The maximum atomic E-state index is 12.8. The van der Waals surface area contributed by atoms with Crippen LogP contribution in [0.1, 0.15) is 37.1 Å². The molecule has 9 nitrogen and oxygen atoms in total. The Balaban J connectivity index is 0.000000339. The van der Waals surface area contributed by atoms with Crippen LogP contribution in [0.5, 0.6) is 0 Å². The molecule has 13 heteroatoms. The molecule has 1 atom stereocenters. The lowest BCUT2D eigenvalue weighted by Gasteiger charge is -2.31. The Labute approximate surface area is 180 Å². The van der Waals surface area contributed by atoms with E-state index in [4.69, 9.17) is 9.90 Å². The van der Waals surface area contributed by atoms with Gasteiger partial charge in [-0.05, 0) is 38.8 Å². The van der Waals surface area contributed by atoms with Crippen molar-refractivity contribution in [3.05, 3.63) is 17.3 Å². The van der Waals surface area contributed by atoms with Gasteiger partial charge in [0.25, 0.3) is 0 Å². The van der Waals surface area contributed by atoms with E-state index < -0.39 is 12.1 Å². The first-order chi connectivity index (χ1) is 14.7. The Morgan fingerprint density at radius 3 is 2.58 bits per heavy atom. The molecule has 0 aliphatic carbocycles. The number of rotatable bonds is 4. The Morgan fingerprint density at radius 2 is 2.00 bits per heavy atom. The molecule has 2 aromatic rings. The Kier molecular flexibility index (Phi) is 7.26. The summed E-state index contributed by atoms with van der Waals surface area (Å²) in [5, 5.41) is 19.8. The van der Waals surface area contributed by atoms with Gasteiger partial charge in [0.15, 0.2) is 0 Å². The smallest absolute Gasteiger partial charge is 0.475 e. The lowest BCUT2D eigenvalue weighted by atomic mass is 10.1. The molecule has 31 heavy (non-hydrogen) atoms. The molecule has 2 aliphatic heterocycles. The van der Waals surface area contributed by atoms with Crippen LogP contribution in [-0.2, 0) is 16.0 Å². The van der Waals surface area contributed by atoms with Gasteiger partial charge >= 0.3 is 12.1 Å². The quantitative estimate of drug-likeness (QED) is 0.719. The van der Waals surface area contributed by atoms with Gasteiger partial charge in [0.05, 0.1) is 6.20 Å². The molecular weight excluding hydrogens is 437 g/mol. The van der Waals surface area contributed by atoms with Crippen molar-refractivity contribution in [2.75, 3.05) is 19.6 Å². The molecule has 170 valence electrons. The number of likely N-dealkylation sites (tertiary alicyclic amines) is 1. The number of aromatic nitrogens is 4. The van der Waals surface area contributed by atoms with Crippen LogP contribution in [0.25, 0.3) is 10.7 Å². The molecule has 4 heterocycles. The number of carbonyl (C=O) groups excluding carboxylic acids is 1. The second-order valence-electron chi connectivity index (χ2n) is 7.19. The van der Waals surface area contributed by atoms with Crippen molar-refractivity contribution < 1.29 is 27.9 Å². The highest BCUT2D eigenvalue weighted by Crippen LogP contribution is 2.29. The van der Waals surface area contributed by atoms with Crippen molar-refractivity contribution in [2.45, 2.75) is 50.9 Å². The first kappa shape index (κ1) is 23.1. The second kappa shape index (κ2) is 9.73. The van der Waals surface area contributed by atoms with Crippen molar-refractivity contribution >= 4 is 23.2 Å². The number of amides is 1. The summed E-state index contributed by atoms with van der Waals surface area (Å²) in [5.41, 5.74) is 0.757. The first-order valence-electron chi connectivity index (χ1n) is 9.89. The van der Waals surface area contributed by atoms with Crippen LogP contribution in [0, 0.1) is 0 Å². The third-order valence-corrected chi connectivity index (χ3v) is 6.32. The van der Waals surface area contributed by atoms with Crippen molar-refractivity contribution in [3.8, 4) is 10.7 Å². The van der Waals surface area contributed by atoms with Gasteiger partial charge < -0.3 is 15.3 Å². The number of alkyl halides is 3. The van der Waals surface area contributed by atoms with Crippen molar-refractivity contribution in [1.82, 2.24) is 30.2 Å². The number of carbonyl (C=O) groups is 2. The minimum atomic E-state index is -5.08. The molecule has 0 bridgehead atoms. The Hall–Kier alpha value is -2.54. The molecule has 2 aromatic heterocycles. The molecule has 0 saturated carbocycles. The van der Waals surface area contributed by atoms with Crippen LogP contribution in [-0.4, -0.2) is 73.7 Å². The fourth-order valence-corrected chi connectivity index (χ4v) is 4.33. The summed E-state index contributed by atoms with van der Waals surface area (Å²) in [4.78, 5) is 29.4. The summed E-state index contributed by atoms with van der Waals surface area (Å²) in [6.07, 6.45) is 2.53. The number of piperidine rings is 1. The van der Waals surface area contributed by atoms with Gasteiger partial charge in [0.2, 0.25) is 5.91 Å². The molecule has 2 aliphatic rings. The van der Waals surface area contributed by atoms with E-state index in [-0.39, 0.29) is 11.9 Å². The zero-order valence-electron chi connectivity index (χ0n) is 16.8. The predicted octanol–water partition coefficient (Wildman–Crippen LogP) is 2.12. The number of hydrogen-bond donors (Lipinski definition) is 2. The predicted molar refractivity (Wildman–Crippen MR) is 105 cm³/mol. The zero-order chi connectivity index (χ0) is 22.6. The lowest BCUT2D eigenvalue weighted by molar-refractivity contribution is -0.192. The van der Waals surface area contributed by atoms with Crippen LogP contribution < -0.4 is 5.32 Å². The highest BCUT2D eigenvalue weighted by molar-refractivity contribution is 7.14. The number of nitrogens with one attached hydrogen (secondary N) is 1. The summed E-state index contributed by atoms with van der Waals surface area (Å²) in [5.74, 6) is -2.57. The molecule has 2 N–H and O–H groups in total. The molecular formula is C18H23F3N6O3S. The normalized spacial score (nSPS) is 19.9. The molecule has 0 spiro atoms. The summed E-state index contributed by atoms with van der Waals surface area (Å²) in [6, 6.07) is 0.157. The number of hydrogen-bond acceptors (Lipinski definition) is 7. The number of aliphatic carboxylic acids is 1. The van der Waals surface area contributed by atoms with Gasteiger partial charge in [-0.3, -0.25) is 4.79 Å². The fraction of sp³-hybridized carbons (Fsp3) is 0.611. The van der Waals surface area contributed by atoms with E-state index in [1.165, 1.54) is 4.88 Å². The molecule has 1 amide bonds.